The van der Waals surface area contributed by atoms with Gasteiger partial charge in [0.2, 0.25) is 0 Å². The maximum absolute atomic E-state index is 12.4. The minimum Gasteiger partial charge on any atom is -0.481 e. The Morgan fingerprint density at radius 1 is 1.40 bits per heavy atom. The number of aliphatic carboxylic acids is 1. The Bertz CT molecular complexity index is 449. The number of nitrogens with one attached hydrogen (secondary N) is 1. The van der Waals surface area contributed by atoms with Gasteiger partial charge in [0.1, 0.15) is 0 Å². The molecule has 0 amide bonds. The molecule has 1 aromatic rings. The molecule has 0 fully saturated rings. The van der Waals surface area contributed by atoms with Crippen LogP contribution < -0.4 is 5.32 Å². The van der Waals surface area contributed by atoms with E-state index >= 15 is 0 Å². The first kappa shape index (κ1) is 16.5. The summed E-state index contributed by atoms with van der Waals surface area (Å²) in [5, 5.41) is 11.1. The summed E-state index contributed by atoms with van der Waals surface area (Å²) in [6, 6.07) is 7.14. The van der Waals surface area contributed by atoms with Gasteiger partial charge in [-0.2, -0.15) is 13.2 Å². The average Bonchev–Trinajstić information content (AvgIpc) is 2.33. The number of hydrogen-bond acceptors (Lipinski definition) is 3. The molecule has 0 aliphatic heterocycles. The van der Waals surface area contributed by atoms with Gasteiger partial charge in [0.05, 0.1) is 6.61 Å². The van der Waals surface area contributed by atoms with Gasteiger partial charge in [-0.05, 0) is 11.1 Å². The van der Waals surface area contributed by atoms with E-state index in [1.54, 1.807) is 25.3 Å². The molecule has 4 nitrogen and oxygen atoms in total. The molecule has 112 valence electrons. The van der Waals surface area contributed by atoms with E-state index in [0.29, 0.717) is 6.61 Å². The summed E-state index contributed by atoms with van der Waals surface area (Å²) in [7, 11) is 1.55. The summed E-state index contributed by atoms with van der Waals surface area (Å²) in [6.07, 6.45) is -4.75. The van der Waals surface area contributed by atoms with E-state index in [1.807, 2.05) is 6.07 Å². The molecule has 0 saturated carbocycles. The van der Waals surface area contributed by atoms with Crippen molar-refractivity contribution in [3.05, 3.63) is 35.4 Å². The van der Waals surface area contributed by atoms with E-state index in [-0.39, 0.29) is 6.54 Å². The van der Waals surface area contributed by atoms with Crippen molar-refractivity contribution in [3.63, 3.8) is 0 Å². The SMILES string of the molecule is COCc1cccc(CNCC(C(=O)O)C(F)(F)F)c1. The summed E-state index contributed by atoms with van der Waals surface area (Å²) < 4.78 is 42.2. The molecule has 0 aromatic heterocycles. The molecule has 0 heterocycles. The fraction of sp³-hybridized carbons (Fsp3) is 0.462. The number of hydrogen-bond donors (Lipinski definition) is 2. The van der Waals surface area contributed by atoms with Gasteiger partial charge in [-0.25, -0.2) is 0 Å². The molecule has 0 aliphatic rings. The molecule has 1 rings (SSSR count). The van der Waals surface area contributed by atoms with Crippen molar-refractivity contribution >= 4 is 5.97 Å². The molecule has 1 unspecified atom stereocenters. The third-order valence-electron chi connectivity index (χ3n) is 2.67. The summed E-state index contributed by atoms with van der Waals surface area (Å²) >= 11 is 0. The lowest BCUT2D eigenvalue weighted by Gasteiger charge is -2.16. The molecule has 7 heteroatoms. The Balaban J connectivity index is 2.55. The van der Waals surface area contributed by atoms with Gasteiger partial charge in [-0.1, -0.05) is 24.3 Å². The zero-order chi connectivity index (χ0) is 15.2. The summed E-state index contributed by atoms with van der Waals surface area (Å²) in [6.45, 7) is -0.0844. The molecule has 0 aliphatic carbocycles. The van der Waals surface area contributed by atoms with E-state index in [4.69, 9.17) is 9.84 Å². The number of methoxy groups -OCH3 is 1. The van der Waals surface area contributed by atoms with Crippen molar-refractivity contribution in [2.45, 2.75) is 19.3 Å². The predicted molar refractivity (Wildman–Crippen MR) is 66.0 cm³/mol. The highest BCUT2D eigenvalue weighted by Gasteiger charge is 2.44. The molecule has 0 bridgehead atoms. The average molecular weight is 291 g/mol. The normalized spacial score (nSPS) is 13.2. The van der Waals surface area contributed by atoms with Crippen LogP contribution in [0.4, 0.5) is 13.2 Å². The Labute approximate surface area is 114 Å². The number of carboxylic acid groups (broad SMARTS) is 1. The first-order valence-electron chi connectivity index (χ1n) is 5.91. The molecule has 0 radical (unpaired) electrons. The highest BCUT2D eigenvalue weighted by atomic mass is 19.4. The molecule has 1 aromatic carbocycles. The summed E-state index contributed by atoms with van der Waals surface area (Å²) in [4.78, 5) is 10.6. The molecule has 20 heavy (non-hydrogen) atoms. The molecule has 2 N–H and O–H groups in total. The van der Waals surface area contributed by atoms with Crippen LogP contribution in [0, 0.1) is 5.92 Å². The fourth-order valence-corrected chi connectivity index (χ4v) is 1.70. The first-order valence-corrected chi connectivity index (χ1v) is 5.91. The van der Waals surface area contributed by atoms with Gasteiger partial charge < -0.3 is 15.2 Å². The van der Waals surface area contributed by atoms with Crippen LogP contribution in [0.25, 0.3) is 0 Å². The second-order valence-corrected chi connectivity index (χ2v) is 4.32. The highest BCUT2D eigenvalue weighted by Crippen LogP contribution is 2.25. The maximum atomic E-state index is 12.4. The van der Waals surface area contributed by atoms with Crippen LogP contribution in [0.3, 0.4) is 0 Å². The zero-order valence-electron chi connectivity index (χ0n) is 10.9. The lowest BCUT2D eigenvalue weighted by molar-refractivity contribution is -0.192. The quantitative estimate of drug-likeness (QED) is 0.808. The smallest absolute Gasteiger partial charge is 0.403 e. The van der Waals surface area contributed by atoms with Crippen LogP contribution in [0.1, 0.15) is 11.1 Å². The topological polar surface area (TPSA) is 58.6 Å². The van der Waals surface area contributed by atoms with E-state index in [2.05, 4.69) is 5.32 Å². The predicted octanol–water partition coefficient (Wildman–Crippen LogP) is 2.19. The van der Waals surface area contributed by atoms with Gasteiger partial charge in [0, 0.05) is 20.2 Å². The molecule has 1 atom stereocenters. The second-order valence-electron chi connectivity index (χ2n) is 4.32. The number of benzene rings is 1. The lowest BCUT2D eigenvalue weighted by atomic mass is 10.1. The van der Waals surface area contributed by atoms with Gasteiger partial charge >= 0.3 is 12.1 Å². The van der Waals surface area contributed by atoms with Crippen LogP contribution in [0.5, 0.6) is 0 Å². The fourth-order valence-electron chi connectivity index (χ4n) is 1.70. The second kappa shape index (κ2) is 7.25. The third kappa shape index (κ3) is 5.18. The highest BCUT2D eigenvalue weighted by molar-refractivity contribution is 5.71. The Morgan fingerprint density at radius 2 is 2.05 bits per heavy atom. The number of alkyl halides is 3. The van der Waals surface area contributed by atoms with Gasteiger partial charge in [0.15, 0.2) is 5.92 Å². The van der Waals surface area contributed by atoms with E-state index in [1.165, 1.54) is 0 Å². The lowest BCUT2D eigenvalue weighted by Crippen LogP contribution is -2.38. The van der Waals surface area contributed by atoms with Crippen LogP contribution >= 0.6 is 0 Å². The Hall–Kier alpha value is -1.60. The summed E-state index contributed by atoms with van der Waals surface area (Å²) in [5.41, 5.74) is 1.67. The van der Waals surface area contributed by atoms with Crippen molar-refractivity contribution in [2.24, 2.45) is 5.92 Å². The number of carboxylic acids is 1. The number of ether oxygens (including phenoxy) is 1. The maximum Gasteiger partial charge on any atom is 0.403 e. The summed E-state index contributed by atoms with van der Waals surface area (Å²) in [5.74, 6) is -4.28. The minimum atomic E-state index is -4.75. The number of rotatable bonds is 7. The van der Waals surface area contributed by atoms with Crippen molar-refractivity contribution < 1.29 is 27.8 Å². The van der Waals surface area contributed by atoms with E-state index < -0.39 is 24.6 Å². The largest absolute Gasteiger partial charge is 0.481 e. The first-order chi connectivity index (χ1) is 9.34. The van der Waals surface area contributed by atoms with E-state index in [9.17, 15) is 18.0 Å². The molecular weight excluding hydrogens is 275 g/mol. The molecule has 0 spiro atoms. The standard InChI is InChI=1S/C13H16F3NO3/c1-20-8-10-4-2-3-9(5-10)6-17-7-11(12(18)19)13(14,15)16/h2-5,11,17H,6-8H2,1H3,(H,18,19). The van der Waals surface area contributed by atoms with Crippen molar-refractivity contribution in [3.8, 4) is 0 Å². The van der Waals surface area contributed by atoms with Gasteiger partial charge in [0.25, 0.3) is 0 Å². The van der Waals surface area contributed by atoms with Gasteiger partial charge in [-0.15, -0.1) is 0 Å². The van der Waals surface area contributed by atoms with Crippen LogP contribution in [-0.2, 0) is 22.7 Å². The Morgan fingerprint density at radius 3 is 2.60 bits per heavy atom. The van der Waals surface area contributed by atoms with Crippen LogP contribution in [-0.4, -0.2) is 30.9 Å². The van der Waals surface area contributed by atoms with Crippen LogP contribution in [0.2, 0.25) is 0 Å². The molecular formula is C13H16F3NO3. The minimum absolute atomic E-state index is 0.164. The van der Waals surface area contributed by atoms with E-state index in [0.717, 1.165) is 11.1 Å². The zero-order valence-corrected chi connectivity index (χ0v) is 10.9. The number of carbonyl (C=O) groups is 1. The van der Waals surface area contributed by atoms with Crippen molar-refractivity contribution in [1.29, 1.82) is 0 Å². The Kier molecular flexibility index (Phi) is 5.97. The van der Waals surface area contributed by atoms with Crippen molar-refractivity contribution in [1.82, 2.24) is 5.32 Å². The van der Waals surface area contributed by atoms with Crippen LogP contribution in [0.15, 0.2) is 24.3 Å². The van der Waals surface area contributed by atoms with Crippen molar-refractivity contribution in [2.75, 3.05) is 13.7 Å². The molecule has 0 saturated heterocycles. The van der Waals surface area contributed by atoms with Gasteiger partial charge in [-0.3, -0.25) is 4.79 Å². The monoisotopic (exact) mass is 291 g/mol. The third-order valence-corrected chi connectivity index (χ3v) is 2.67. The number of halogens is 3.